The Bertz CT molecular complexity index is 1300. The summed E-state index contributed by atoms with van der Waals surface area (Å²) in [6.07, 6.45) is -4.70. The van der Waals surface area contributed by atoms with Gasteiger partial charge in [-0.3, -0.25) is 9.97 Å². The van der Waals surface area contributed by atoms with Gasteiger partial charge >= 0.3 is 12.4 Å². The molecule has 0 bridgehead atoms. The van der Waals surface area contributed by atoms with E-state index in [0.717, 1.165) is 36.8 Å². The van der Waals surface area contributed by atoms with Crippen molar-refractivity contribution < 1.29 is 39.8 Å². The van der Waals surface area contributed by atoms with E-state index in [1.165, 1.54) is 19.2 Å². The summed E-state index contributed by atoms with van der Waals surface area (Å²) in [6, 6.07) is 3.89. The quantitative estimate of drug-likeness (QED) is 0.172. The van der Waals surface area contributed by atoms with E-state index in [2.05, 4.69) is 18.9 Å². The first-order chi connectivity index (χ1) is 16.2. The summed E-state index contributed by atoms with van der Waals surface area (Å²) >= 11 is 0. The van der Waals surface area contributed by atoms with Crippen LogP contribution >= 0.6 is 0 Å². The van der Waals surface area contributed by atoms with Gasteiger partial charge in [-0.2, -0.15) is 30.8 Å². The monoisotopic (exact) mass is 591 g/mol. The number of hydrogen-bond donors (Lipinski definition) is 1. The first kappa shape index (κ1) is 37.4. The smallest absolute Gasteiger partial charge is 0.251 e. The molecule has 4 atom stereocenters. The lowest BCUT2D eigenvalue weighted by Crippen LogP contribution is -2.12. The summed E-state index contributed by atoms with van der Waals surface area (Å²) in [4.78, 5) is 16.7. The van der Waals surface area contributed by atoms with Gasteiger partial charge in [-0.05, 0) is 37.1 Å². The third-order valence-corrected chi connectivity index (χ3v) is 8.89. The average Bonchev–Trinajstić information content (AvgIpc) is 2.76. The highest BCUT2D eigenvalue weighted by Gasteiger charge is 2.33. The molecule has 0 amide bonds. The second-order valence-corrected chi connectivity index (χ2v) is 12.6. The molecule has 2 heterocycles. The van der Waals surface area contributed by atoms with Crippen LogP contribution in [0.25, 0.3) is 0 Å². The second kappa shape index (κ2) is 13.8. The Morgan fingerprint density at radius 2 is 1.21 bits per heavy atom. The van der Waals surface area contributed by atoms with Crippen LogP contribution in [0.2, 0.25) is 0 Å². The Morgan fingerprint density at radius 3 is 1.45 bits per heavy atom. The van der Waals surface area contributed by atoms with Crippen molar-refractivity contribution in [3.8, 4) is 0 Å². The maximum atomic E-state index is 12.3. The van der Waals surface area contributed by atoms with Crippen LogP contribution < -0.4 is 5.84 Å². The summed E-state index contributed by atoms with van der Waals surface area (Å²) < 4.78 is 104. The molecule has 213 valence electrons. The fourth-order valence-electron chi connectivity index (χ4n) is 2.43. The van der Waals surface area contributed by atoms with Crippen molar-refractivity contribution in [1.82, 2.24) is 9.97 Å². The van der Waals surface area contributed by atoms with Crippen molar-refractivity contribution in [3.05, 3.63) is 69.3 Å². The van der Waals surface area contributed by atoms with Crippen molar-refractivity contribution in [2.45, 2.75) is 44.1 Å². The highest BCUT2D eigenvalue weighted by atomic mass is 32.2. The summed E-state index contributed by atoms with van der Waals surface area (Å²) in [5, 5.41) is 7.67. The molecular formula is C19H26BF6N6O4S2. The molecule has 0 aliphatic heterocycles. The fraction of sp³-hybridized carbons (Fsp3) is 0.474. The fourth-order valence-corrected chi connectivity index (χ4v) is 4.30. The van der Waals surface area contributed by atoms with Gasteiger partial charge in [-0.25, -0.2) is 24.4 Å². The first-order valence-corrected chi connectivity index (χ1v) is 13.5. The van der Waals surface area contributed by atoms with Crippen LogP contribution in [-0.4, -0.2) is 44.3 Å². The maximum absolute atomic E-state index is 12.3. The molecule has 0 aliphatic carbocycles. The molecule has 2 rings (SSSR count). The van der Waals surface area contributed by atoms with Gasteiger partial charge < -0.3 is 0 Å². The predicted molar refractivity (Wildman–Crippen MR) is 132 cm³/mol. The van der Waals surface area contributed by atoms with Crippen LogP contribution in [0.5, 0.6) is 0 Å². The largest absolute Gasteiger partial charge is 0.433 e. The molecule has 0 spiro atoms. The molecule has 38 heavy (non-hydrogen) atoms. The van der Waals surface area contributed by atoms with Gasteiger partial charge in [0.25, 0.3) is 0 Å². The molecule has 2 N–H and O–H groups in total. The van der Waals surface area contributed by atoms with Crippen LogP contribution in [0.1, 0.15) is 54.3 Å². The normalized spacial score (nSPS) is 16.0. The topological polar surface area (TPSA) is 154 Å². The molecule has 2 aromatic heterocycles. The Morgan fingerprint density at radius 1 is 0.868 bits per heavy atom. The number of rotatable bonds is 5. The van der Waals surface area contributed by atoms with E-state index in [1.54, 1.807) is 6.92 Å². The number of aromatic nitrogens is 2. The number of pyridine rings is 2. The molecule has 0 aromatic carbocycles. The summed E-state index contributed by atoms with van der Waals surface area (Å²) in [5.41, 5.74) is -1.48. The Labute approximate surface area is 218 Å². The third kappa shape index (κ3) is 10.5. The average molecular weight is 591 g/mol. The van der Waals surface area contributed by atoms with Crippen LogP contribution in [0.3, 0.4) is 0 Å². The SMILES string of the molecule is C.CC(c1ccc(C(F)(F)F)nc1)S(C)(=O)=NN.CC(c1ccc(C(F)(F)F)nc1)S(C)(=O)=N[N+](=O)[O-].[B]. The molecule has 0 saturated heterocycles. The van der Waals surface area contributed by atoms with Crippen molar-refractivity contribution >= 4 is 27.9 Å². The minimum absolute atomic E-state index is 0. The molecule has 3 radical (unpaired) electrons. The number of hydrogen-bond acceptors (Lipinski definition) is 7. The lowest BCUT2D eigenvalue weighted by Gasteiger charge is -2.13. The van der Waals surface area contributed by atoms with E-state index in [9.17, 15) is 44.9 Å². The van der Waals surface area contributed by atoms with Crippen molar-refractivity contribution in [3.63, 3.8) is 0 Å². The van der Waals surface area contributed by atoms with Crippen molar-refractivity contribution in [1.29, 1.82) is 0 Å². The number of alkyl halides is 6. The van der Waals surface area contributed by atoms with Gasteiger partial charge in [0.05, 0.1) is 20.2 Å². The lowest BCUT2D eigenvalue weighted by molar-refractivity contribution is -0.482. The zero-order valence-corrected chi connectivity index (χ0v) is 21.4. The third-order valence-electron chi connectivity index (χ3n) is 4.84. The number of halogens is 6. The number of nitrogens with zero attached hydrogens (tertiary/aromatic N) is 5. The Balaban J connectivity index is 0. The summed E-state index contributed by atoms with van der Waals surface area (Å²) in [5.74, 6) is 4.99. The maximum Gasteiger partial charge on any atom is 0.433 e. The molecule has 2 aromatic rings. The van der Waals surface area contributed by atoms with Crippen LogP contribution in [0.15, 0.2) is 45.6 Å². The molecule has 0 fully saturated rings. The molecular weight excluding hydrogens is 565 g/mol. The predicted octanol–water partition coefficient (Wildman–Crippen LogP) is 4.84. The highest BCUT2D eigenvalue weighted by Crippen LogP contribution is 2.30. The van der Waals surface area contributed by atoms with Crippen LogP contribution in [0.4, 0.5) is 26.3 Å². The van der Waals surface area contributed by atoms with Crippen LogP contribution in [-0.2, 0) is 31.8 Å². The van der Waals surface area contributed by atoms with Crippen LogP contribution in [0, 0.1) is 10.1 Å². The van der Waals surface area contributed by atoms with Gasteiger partial charge in [0.2, 0.25) is 0 Å². The second-order valence-electron chi connectivity index (χ2n) is 7.38. The van der Waals surface area contributed by atoms with Gasteiger partial charge in [-0.15, -0.1) is 0 Å². The Kier molecular flexibility index (Phi) is 13.6. The van der Waals surface area contributed by atoms with Crippen molar-refractivity contribution in [2.75, 3.05) is 12.5 Å². The zero-order chi connectivity index (χ0) is 28.1. The van der Waals surface area contributed by atoms with E-state index in [4.69, 9.17) is 5.84 Å². The molecule has 19 heteroatoms. The summed E-state index contributed by atoms with van der Waals surface area (Å²) in [7, 11) is -5.87. The first-order valence-electron chi connectivity index (χ1n) is 9.54. The standard InChI is InChI=1S/C9H10F3N3O3S.C9H12F3N3OS.CH4.B/c1-6(19(2,18)14-15(16)17)7-3-4-8(13-5-7)9(10,11)12;1-6(17(2,16)15-13)7-3-4-8(14-5-7)9(10,11)12;;/h3-6H,1-2H3;3-6H,13H2,1-2H3;1H4;. The molecule has 0 aliphatic rings. The van der Waals surface area contributed by atoms with Gasteiger partial charge in [0, 0.05) is 33.3 Å². The minimum Gasteiger partial charge on any atom is -0.251 e. The summed E-state index contributed by atoms with van der Waals surface area (Å²) in [6.45, 7) is 2.95. The molecule has 0 saturated carbocycles. The minimum atomic E-state index is -4.57. The van der Waals surface area contributed by atoms with E-state index in [1.807, 2.05) is 0 Å². The van der Waals surface area contributed by atoms with E-state index in [0.29, 0.717) is 5.56 Å². The van der Waals surface area contributed by atoms with Gasteiger partial charge in [0.15, 0.2) is 5.03 Å². The van der Waals surface area contributed by atoms with E-state index < -0.39 is 58.7 Å². The zero-order valence-electron chi connectivity index (χ0n) is 19.7. The number of nitro groups is 1. The van der Waals surface area contributed by atoms with Gasteiger partial charge in [-0.1, -0.05) is 19.6 Å². The van der Waals surface area contributed by atoms with E-state index in [-0.39, 0.29) is 21.4 Å². The Hall–Kier alpha value is -2.80. The van der Waals surface area contributed by atoms with Crippen molar-refractivity contribution in [2.24, 2.45) is 14.8 Å². The molecule has 10 nitrogen and oxygen atoms in total. The van der Waals surface area contributed by atoms with Gasteiger partial charge in [0.1, 0.15) is 25.6 Å². The van der Waals surface area contributed by atoms with E-state index >= 15 is 0 Å². The molecule has 4 unspecified atom stereocenters. The number of nitrogens with two attached hydrogens (primary N) is 1. The lowest BCUT2D eigenvalue weighted by atomic mass is 10.2. The highest BCUT2D eigenvalue weighted by molar-refractivity contribution is 7.93.